The number of hydrogen-bond acceptors (Lipinski definition) is 6. The standard InChI is InChI=1S/C27H60O6Si3/c1-13-16-19-28-25(10)34(22(4)5)31-35(23(6)7,26(11)29-20-17-14-2)33-36(32-34,24(8)9)27(12)30-21-18-15-3/h22-27H,13-21H2,1-12H3. The van der Waals surface area contributed by atoms with Crippen LogP contribution in [0, 0.1) is 0 Å². The summed E-state index contributed by atoms with van der Waals surface area (Å²) in [5.41, 5.74) is 0.319. The summed E-state index contributed by atoms with van der Waals surface area (Å²) in [5.74, 6) is 0. The first kappa shape index (κ1) is 34.4. The van der Waals surface area contributed by atoms with Gasteiger partial charge in [0.25, 0.3) is 0 Å². The Morgan fingerprint density at radius 1 is 0.444 bits per heavy atom. The van der Waals surface area contributed by atoms with Crippen LogP contribution in [-0.4, -0.2) is 62.7 Å². The first-order valence-electron chi connectivity index (χ1n) is 14.8. The Bertz CT molecular complexity index is 517. The van der Waals surface area contributed by atoms with Crippen molar-refractivity contribution in [2.75, 3.05) is 19.8 Å². The van der Waals surface area contributed by atoms with E-state index in [1.165, 1.54) is 0 Å². The lowest BCUT2D eigenvalue weighted by atomic mass is 10.4. The van der Waals surface area contributed by atoms with Crippen molar-refractivity contribution < 1.29 is 26.6 Å². The molecule has 1 fully saturated rings. The third-order valence-corrected chi connectivity index (χ3v) is 24.1. The van der Waals surface area contributed by atoms with Gasteiger partial charge < -0.3 is 26.6 Å². The summed E-state index contributed by atoms with van der Waals surface area (Å²) in [5, 5.41) is 0. The van der Waals surface area contributed by atoms with Crippen molar-refractivity contribution in [1.29, 1.82) is 0 Å². The lowest BCUT2D eigenvalue weighted by Gasteiger charge is -2.60. The van der Waals surface area contributed by atoms with Crippen molar-refractivity contribution in [2.24, 2.45) is 0 Å². The summed E-state index contributed by atoms with van der Waals surface area (Å²) < 4.78 is 41.8. The predicted molar refractivity (Wildman–Crippen MR) is 157 cm³/mol. The highest BCUT2D eigenvalue weighted by molar-refractivity contribution is 6.97. The zero-order chi connectivity index (χ0) is 27.6. The molecule has 0 aromatic carbocycles. The minimum Gasteiger partial charge on any atom is -0.412 e. The largest absolute Gasteiger partial charge is 0.412 e. The second-order valence-electron chi connectivity index (χ2n) is 11.5. The van der Waals surface area contributed by atoms with E-state index in [0.717, 1.165) is 58.3 Å². The first-order chi connectivity index (χ1) is 16.9. The number of hydrogen-bond donors (Lipinski definition) is 0. The summed E-state index contributed by atoms with van der Waals surface area (Å²) in [6, 6.07) is 0. The molecule has 1 aliphatic rings. The van der Waals surface area contributed by atoms with Crippen LogP contribution in [0.5, 0.6) is 0 Å². The fourth-order valence-electron chi connectivity index (χ4n) is 4.99. The molecule has 1 heterocycles. The van der Waals surface area contributed by atoms with Crippen molar-refractivity contribution in [3.05, 3.63) is 0 Å². The highest BCUT2D eigenvalue weighted by Gasteiger charge is 2.71. The van der Waals surface area contributed by atoms with Crippen LogP contribution >= 0.6 is 0 Å². The average molecular weight is 565 g/mol. The fraction of sp³-hybridized carbons (Fsp3) is 1.00. The molecule has 1 aliphatic heterocycles. The first-order valence-corrected chi connectivity index (χ1v) is 20.8. The Balaban J connectivity index is 3.69. The molecule has 1 saturated heterocycles. The monoisotopic (exact) mass is 564 g/mol. The lowest BCUT2D eigenvalue weighted by Crippen LogP contribution is -2.81. The minimum absolute atomic E-state index is 0.102. The van der Waals surface area contributed by atoms with Gasteiger partial charge >= 0.3 is 25.7 Å². The fourth-order valence-corrected chi connectivity index (χ4v) is 26.1. The summed E-state index contributed by atoms with van der Waals surface area (Å²) in [6.45, 7) is 28.8. The van der Waals surface area contributed by atoms with Gasteiger partial charge in [-0.25, -0.2) is 0 Å². The Morgan fingerprint density at radius 3 is 0.833 bits per heavy atom. The molecule has 0 aromatic rings. The van der Waals surface area contributed by atoms with Crippen LogP contribution in [0.4, 0.5) is 0 Å². The quantitative estimate of drug-likeness (QED) is 0.125. The molecule has 6 nitrogen and oxygen atoms in total. The van der Waals surface area contributed by atoms with Crippen LogP contribution in [-0.2, 0) is 26.6 Å². The van der Waals surface area contributed by atoms with Gasteiger partial charge in [0.05, 0.1) is 17.2 Å². The van der Waals surface area contributed by atoms with Gasteiger partial charge in [0, 0.05) is 19.8 Å². The number of unbranched alkanes of at least 4 members (excludes halogenated alkanes) is 3. The molecule has 0 saturated carbocycles. The van der Waals surface area contributed by atoms with Gasteiger partial charge in [-0.05, 0) is 56.7 Å². The molecule has 0 aromatic heterocycles. The molecule has 9 heteroatoms. The minimum atomic E-state index is -2.91. The highest BCUT2D eigenvalue weighted by Crippen LogP contribution is 2.49. The number of ether oxygens (including phenoxy) is 3. The summed E-state index contributed by atoms with van der Waals surface area (Å²) >= 11 is 0. The third-order valence-electron chi connectivity index (χ3n) is 7.67. The second kappa shape index (κ2) is 15.9. The Labute approximate surface area is 227 Å². The van der Waals surface area contributed by atoms with E-state index in [1.54, 1.807) is 0 Å². The molecule has 0 radical (unpaired) electrons. The van der Waals surface area contributed by atoms with E-state index in [0.29, 0.717) is 0 Å². The topological polar surface area (TPSA) is 55.4 Å². The van der Waals surface area contributed by atoms with Gasteiger partial charge in [-0.1, -0.05) is 81.6 Å². The van der Waals surface area contributed by atoms with Crippen LogP contribution in [0.3, 0.4) is 0 Å². The molecule has 0 spiro atoms. The molecule has 0 amide bonds. The molecule has 3 unspecified atom stereocenters. The molecule has 1 rings (SSSR count). The molecule has 0 aliphatic carbocycles. The van der Waals surface area contributed by atoms with Crippen LogP contribution in [0.15, 0.2) is 0 Å². The molecular weight excluding hydrogens is 505 g/mol. The smallest absolute Gasteiger partial charge is 0.352 e. The highest BCUT2D eigenvalue weighted by atomic mass is 28.5. The third kappa shape index (κ3) is 7.97. The Hall–Kier alpha value is 0.411. The zero-order valence-electron chi connectivity index (χ0n) is 25.8. The van der Waals surface area contributed by atoms with E-state index >= 15 is 0 Å². The van der Waals surface area contributed by atoms with Crippen LogP contribution in [0.2, 0.25) is 16.6 Å². The van der Waals surface area contributed by atoms with E-state index in [4.69, 9.17) is 26.6 Å². The Morgan fingerprint density at radius 2 is 0.667 bits per heavy atom. The molecule has 216 valence electrons. The van der Waals surface area contributed by atoms with Gasteiger partial charge in [-0.15, -0.1) is 0 Å². The van der Waals surface area contributed by atoms with E-state index in [9.17, 15) is 0 Å². The van der Waals surface area contributed by atoms with Crippen molar-refractivity contribution in [3.8, 4) is 0 Å². The van der Waals surface area contributed by atoms with Crippen LogP contribution < -0.4 is 0 Å². The lowest BCUT2D eigenvalue weighted by molar-refractivity contribution is 0.0202. The average Bonchev–Trinajstić information content (AvgIpc) is 2.83. The van der Waals surface area contributed by atoms with E-state index in [1.807, 2.05) is 0 Å². The zero-order valence-corrected chi connectivity index (χ0v) is 28.8. The molecule has 36 heavy (non-hydrogen) atoms. The van der Waals surface area contributed by atoms with E-state index < -0.39 is 25.7 Å². The summed E-state index contributed by atoms with van der Waals surface area (Å²) in [7, 11) is -8.74. The maximum atomic E-state index is 7.41. The number of rotatable bonds is 18. The van der Waals surface area contributed by atoms with Crippen molar-refractivity contribution in [3.63, 3.8) is 0 Å². The second-order valence-corrected chi connectivity index (χ2v) is 24.2. The van der Waals surface area contributed by atoms with E-state index in [2.05, 4.69) is 83.1 Å². The molecule has 0 bridgehead atoms. The van der Waals surface area contributed by atoms with Gasteiger partial charge in [0.2, 0.25) is 0 Å². The van der Waals surface area contributed by atoms with Gasteiger partial charge in [0.15, 0.2) is 0 Å². The van der Waals surface area contributed by atoms with Gasteiger partial charge in [-0.2, -0.15) is 0 Å². The molecule has 0 N–H and O–H groups in total. The van der Waals surface area contributed by atoms with Crippen molar-refractivity contribution >= 4 is 25.7 Å². The van der Waals surface area contributed by atoms with Crippen molar-refractivity contribution in [2.45, 2.75) is 155 Å². The van der Waals surface area contributed by atoms with E-state index in [-0.39, 0.29) is 33.8 Å². The maximum Gasteiger partial charge on any atom is 0.352 e. The van der Waals surface area contributed by atoms with Gasteiger partial charge in [0.1, 0.15) is 0 Å². The van der Waals surface area contributed by atoms with Crippen LogP contribution in [0.25, 0.3) is 0 Å². The van der Waals surface area contributed by atoms with Crippen molar-refractivity contribution in [1.82, 2.24) is 0 Å². The van der Waals surface area contributed by atoms with Crippen LogP contribution in [0.1, 0.15) is 122 Å². The predicted octanol–water partition coefficient (Wildman–Crippen LogP) is 7.84. The SMILES string of the molecule is CCCCOC(C)[Si]1(C(C)C)O[Si](C(C)C)(C(C)OCCCC)O[Si](C(C)C)(C(C)OCCCC)O1. The summed E-state index contributed by atoms with van der Waals surface area (Å²) in [4.78, 5) is 0. The Kier molecular flexibility index (Phi) is 15.2. The normalized spacial score (nSPS) is 29.8. The molecular formula is C27H60O6Si3. The van der Waals surface area contributed by atoms with Gasteiger partial charge in [-0.3, -0.25) is 0 Å². The maximum absolute atomic E-state index is 7.41. The summed E-state index contributed by atoms with van der Waals surface area (Å²) in [6.07, 6.45) is 6.43. The molecule has 3 atom stereocenters.